The van der Waals surface area contributed by atoms with Crippen LogP contribution in [0.2, 0.25) is 0 Å². The van der Waals surface area contributed by atoms with Crippen LogP contribution in [0.3, 0.4) is 0 Å². The number of phenolic OH excluding ortho intramolecular Hbond substituents is 2. The topological polar surface area (TPSA) is 70.7 Å². The van der Waals surface area contributed by atoms with Gasteiger partial charge in [0.15, 0.2) is 11.5 Å². The molecule has 2 rings (SSSR count). The maximum Gasteiger partial charge on any atom is 1.00 e. The van der Waals surface area contributed by atoms with Crippen molar-refractivity contribution in [1.82, 2.24) is 0 Å². The summed E-state index contributed by atoms with van der Waals surface area (Å²) in [6.45, 7) is 1.73. The summed E-state index contributed by atoms with van der Waals surface area (Å²) in [6.07, 6.45) is 0. The second-order valence-corrected chi connectivity index (χ2v) is 3.09. The van der Waals surface area contributed by atoms with Crippen molar-refractivity contribution in [3.63, 3.8) is 0 Å². The first kappa shape index (κ1) is 12.1. The minimum Gasteiger partial charge on any atom is -1.00 e. The minimum atomic E-state index is -0.472. The molecule has 0 spiro atoms. The fourth-order valence-corrected chi connectivity index (χ4v) is 1.34. The van der Waals surface area contributed by atoms with Gasteiger partial charge in [0.05, 0.1) is 0 Å². The van der Waals surface area contributed by atoms with Crippen LogP contribution in [0.1, 0.15) is 6.99 Å². The van der Waals surface area contributed by atoms with Gasteiger partial charge in [-0.25, -0.2) is 4.79 Å². The van der Waals surface area contributed by atoms with Gasteiger partial charge in [0.1, 0.15) is 5.58 Å². The first-order valence-electron chi connectivity index (χ1n) is 4.04. The number of phenols is 2. The van der Waals surface area contributed by atoms with Gasteiger partial charge in [0.25, 0.3) is 0 Å². The predicted molar refractivity (Wildman–Crippen MR) is 51.7 cm³/mol. The molecule has 15 heavy (non-hydrogen) atoms. The molecule has 5 heteroatoms. The number of hydrogen-bond donors (Lipinski definition) is 2. The van der Waals surface area contributed by atoms with E-state index in [-0.39, 0.29) is 48.1 Å². The van der Waals surface area contributed by atoms with E-state index in [9.17, 15) is 15.0 Å². The Hall–Kier alpha value is -0.970. The second-order valence-electron chi connectivity index (χ2n) is 3.09. The number of aromatic hydroxyl groups is 2. The summed E-state index contributed by atoms with van der Waals surface area (Å²) in [5, 5.41) is 19.0. The number of fused-ring (bicyclic) bond motifs is 1. The largest absolute Gasteiger partial charge is 1.00 e. The number of rotatable bonds is 0. The molecule has 4 nitrogen and oxygen atoms in total. The summed E-state index contributed by atoms with van der Waals surface area (Å²) in [7, 11) is 0. The van der Waals surface area contributed by atoms with Gasteiger partial charge in [-0.1, -0.05) is 0 Å². The summed E-state index contributed by atoms with van der Waals surface area (Å²) in [4.78, 5) is 11.0. The maximum atomic E-state index is 11.0. The SMILES string of the molecule is Cc1cc(=O)oc2cc(O)c(O)cc12.[H-].[Na+]. The van der Waals surface area contributed by atoms with Crippen molar-refractivity contribution in [2.24, 2.45) is 0 Å². The quantitative estimate of drug-likeness (QED) is 0.324. The van der Waals surface area contributed by atoms with Crippen molar-refractivity contribution in [3.05, 3.63) is 34.2 Å². The molecule has 1 aromatic carbocycles. The molecule has 2 N–H and O–H groups in total. The molecule has 0 saturated heterocycles. The van der Waals surface area contributed by atoms with Gasteiger partial charge in [-0.2, -0.15) is 0 Å². The van der Waals surface area contributed by atoms with Crippen molar-refractivity contribution in [2.75, 3.05) is 0 Å². The average Bonchev–Trinajstić information content (AvgIpc) is 2.08. The molecule has 1 aromatic heterocycles. The van der Waals surface area contributed by atoms with E-state index in [1.807, 2.05) is 0 Å². The van der Waals surface area contributed by atoms with E-state index in [2.05, 4.69) is 0 Å². The standard InChI is InChI=1S/C10H8O4.Na.H/c1-5-2-10(13)14-9-4-8(12)7(11)3-6(5)9;;/h2-4,11-12H,1H3;;/q;+1;-1. The van der Waals surface area contributed by atoms with Crippen LogP contribution in [0.5, 0.6) is 11.5 Å². The van der Waals surface area contributed by atoms with Gasteiger partial charge in [-0.15, -0.1) is 0 Å². The van der Waals surface area contributed by atoms with Gasteiger partial charge >= 0.3 is 35.2 Å². The molecule has 0 atom stereocenters. The molecule has 0 fully saturated rings. The predicted octanol–water partition coefficient (Wildman–Crippen LogP) is -1.37. The molecule has 1 heterocycles. The van der Waals surface area contributed by atoms with Crippen molar-refractivity contribution >= 4 is 11.0 Å². The Morgan fingerprint density at radius 3 is 2.47 bits per heavy atom. The molecule has 0 aliphatic rings. The Balaban J connectivity index is 0.00000112. The van der Waals surface area contributed by atoms with E-state index in [4.69, 9.17) is 4.42 Å². The molecule has 0 radical (unpaired) electrons. The Bertz CT molecular complexity index is 564. The summed E-state index contributed by atoms with van der Waals surface area (Å²) in [5.41, 5.74) is 0.497. The van der Waals surface area contributed by atoms with Crippen LogP contribution in [0.15, 0.2) is 27.4 Å². The van der Waals surface area contributed by atoms with E-state index in [0.29, 0.717) is 10.9 Å². The van der Waals surface area contributed by atoms with Crippen LogP contribution < -0.4 is 35.2 Å². The molecule has 2 aromatic rings. The summed E-state index contributed by atoms with van der Waals surface area (Å²) in [6, 6.07) is 3.92. The second kappa shape index (κ2) is 4.26. The number of aryl methyl sites for hydroxylation is 1. The van der Waals surface area contributed by atoms with E-state index in [0.717, 1.165) is 0 Å². The van der Waals surface area contributed by atoms with Crippen molar-refractivity contribution in [3.8, 4) is 11.5 Å². The fraction of sp³-hybridized carbons (Fsp3) is 0.100. The van der Waals surface area contributed by atoms with E-state index in [1.54, 1.807) is 6.92 Å². The summed E-state index contributed by atoms with van der Waals surface area (Å²) in [5.74, 6) is -0.527. The summed E-state index contributed by atoms with van der Waals surface area (Å²) < 4.78 is 4.85. The Morgan fingerprint density at radius 1 is 1.20 bits per heavy atom. The van der Waals surface area contributed by atoms with Crippen LogP contribution in [0.4, 0.5) is 0 Å². The summed E-state index contributed by atoms with van der Waals surface area (Å²) >= 11 is 0. The van der Waals surface area contributed by atoms with Gasteiger partial charge in [0, 0.05) is 17.5 Å². The Labute approximate surface area is 109 Å². The first-order valence-corrected chi connectivity index (χ1v) is 4.04. The first-order chi connectivity index (χ1) is 6.58. The van der Waals surface area contributed by atoms with Crippen LogP contribution >= 0.6 is 0 Å². The van der Waals surface area contributed by atoms with Crippen molar-refractivity contribution in [1.29, 1.82) is 0 Å². The van der Waals surface area contributed by atoms with Crippen LogP contribution in [-0.4, -0.2) is 10.2 Å². The minimum absolute atomic E-state index is 0. The molecule has 0 aliphatic heterocycles. The molecule has 0 amide bonds. The zero-order valence-electron chi connectivity index (χ0n) is 9.44. The van der Waals surface area contributed by atoms with Crippen LogP contribution in [0.25, 0.3) is 11.0 Å². The van der Waals surface area contributed by atoms with E-state index >= 15 is 0 Å². The van der Waals surface area contributed by atoms with Crippen molar-refractivity contribution < 1.29 is 45.6 Å². The molecule has 0 aliphatic carbocycles. The molecule has 0 bridgehead atoms. The third-order valence-corrected chi connectivity index (χ3v) is 2.05. The zero-order chi connectivity index (χ0) is 10.3. The van der Waals surface area contributed by atoms with Crippen LogP contribution in [0, 0.1) is 6.92 Å². The maximum absolute atomic E-state index is 11.0. The van der Waals surface area contributed by atoms with Gasteiger partial charge in [-0.3, -0.25) is 0 Å². The smallest absolute Gasteiger partial charge is 1.00 e. The Kier molecular flexibility index (Phi) is 3.44. The fourth-order valence-electron chi connectivity index (χ4n) is 1.34. The number of benzene rings is 1. The van der Waals surface area contributed by atoms with Gasteiger partial charge < -0.3 is 16.1 Å². The van der Waals surface area contributed by atoms with Crippen molar-refractivity contribution in [2.45, 2.75) is 6.92 Å². The van der Waals surface area contributed by atoms with Crippen LogP contribution in [-0.2, 0) is 0 Å². The average molecular weight is 216 g/mol. The molecule has 74 valence electrons. The Morgan fingerprint density at radius 2 is 1.80 bits per heavy atom. The molecular formula is C10H9NaO4. The molecule has 0 saturated carbocycles. The normalized spacial score (nSPS) is 9.93. The molecular weight excluding hydrogens is 207 g/mol. The van der Waals surface area contributed by atoms with Gasteiger partial charge in [0.2, 0.25) is 0 Å². The monoisotopic (exact) mass is 216 g/mol. The van der Waals surface area contributed by atoms with Gasteiger partial charge in [-0.05, 0) is 18.6 Å². The number of hydrogen-bond acceptors (Lipinski definition) is 4. The van der Waals surface area contributed by atoms with E-state index < -0.39 is 5.63 Å². The van der Waals surface area contributed by atoms with E-state index in [1.165, 1.54) is 18.2 Å². The third kappa shape index (κ3) is 2.17. The molecule has 0 unspecified atom stereocenters. The third-order valence-electron chi connectivity index (χ3n) is 2.05. The zero-order valence-corrected chi connectivity index (χ0v) is 10.4.